The predicted molar refractivity (Wildman–Crippen MR) is 54.3 cm³/mol. The first-order valence-electron chi connectivity index (χ1n) is 5.43. The smallest absolute Gasteiger partial charge is 0.387 e. The second-order valence-corrected chi connectivity index (χ2v) is 4.14. The first-order valence-corrected chi connectivity index (χ1v) is 5.43. The highest BCUT2D eigenvalue weighted by Crippen LogP contribution is 2.28. The lowest BCUT2D eigenvalue weighted by atomic mass is 9.97. The lowest BCUT2D eigenvalue weighted by Crippen LogP contribution is -2.39. The average Bonchev–Trinajstić information content (AvgIpc) is 2.17. The Labute approximate surface area is 92.7 Å². The number of alkyl halides is 3. The van der Waals surface area contributed by atoms with Crippen molar-refractivity contribution in [3.63, 3.8) is 0 Å². The maximum atomic E-state index is 12.4. The standard InChI is InChI=1S/C10H17F3N2O/c11-10(12,13)8(9(14)15)6-16-7-4-2-1-3-5-7/h7-8H,1-6H2,(H3,14,15). The van der Waals surface area contributed by atoms with E-state index < -0.39 is 24.5 Å². The van der Waals surface area contributed by atoms with Gasteiger partial charge in [0.1, 0.15) is 11.8 Å². The van der Waals surface area contributed by atoms with Crippen LogP contribution in [0.2, 0.25) is 0 Å². The Morgan fingerprint density at radius 1 is 1.31 bits per heavy atom. The van der Waals surface area contributed by atoms with E-state index >= 15 is 0 Å². The monoisotopic (exact) mass is 238 g/mol. The number of nitrogens with two attached hydrogens (primary N) is 1. The van der Waals surface area contributed by atoms with Crippen molar-refractivity contribution in [3.05, 3.63) is 0 Å². The number of amidine groups is 1. The van der Waals surface area contributed by atoms with Gasteiger partial charge in [0.25, 0.3) is 0 Å². The van der Waals surface area contributed by atoms with Crippen molar-refractivity contribution in [2.24, 2.45) is 11.7 Å². The number of halogens is 3. The zero-order chi connectivity index (χ0) is 12.2. The zero-order valence-corrected chi connectivity index (χ0v) is 9.02. The molecular weight excluding hydrogens is 221 g/mol. The Balaban J connectivity index is 2.40. The molecule has 0 aromatic rings. The summed E-state index contributed by atoms with van der Waals surface area (Å²) in [6.45, 7) is -0.524. The maximum absolute atomic E-state index is 12.4. The van der Waals surface area contributed by atoms with Gasteiger partial charge in [-0.15, -0.1) is 0 Å². The van der Waals surface area contributed by atoms with E-state index in [9.17, 15) is 13.2 Å². The van der Waals surface area contributed by atoms with Gasteiger partial charge in [0, 0.05) is 0 Å². The molecule has 1 unspecified atom stereocenters. The lowest BCUT2D eigenvalue weighted by Gasteiger charge is -2.25. The van der Waals surface area contributed by atoms with E-state index in [4.69, 9.17) is 15.9 Å². The molecular formula is C10H17F3N2O. The molecule has 1 atom stereocenters. The molecule has 0 radical (unpaired) electrons. The van der Waals surface area contributed by atoms with E-state index in [2.05, 4.69) is 0 Å². The molecule has 1 saturated carbocycles. The Hall–Kier alpha value is -0.780. The van der Waals surface area contributed by atoms with Crippen LogP contribution in [0.3, 0.4) is 0 Å². The third kappa shape index (κ3) is 4.00. The van der Waals surface area contributed by atoms with Crippen molar-refractivity contribution >= 4 is 5.84 Å². The first-order chi connectivity index (χ1) is 7.41. The third-order valence-electron chi connectivity index (χ3n) is 2.82. The van der Waals surface area contributed by atoms with Crippen LogP contribution in [0.25, 0.3) is 0 Å². The summed E-state index contributed by atoms with van der Waals surface area (Å²) in [6.07, 6.45) is 0.154. The van der Waals surface area contributed by atoms with Gasteiger partial charge in [0.15, 0.2) is 0 Å². The van der Waals surface area contributed by atoms with Gasteiger partial charge < -0.3 is 10.5 Å². The molecule has 3 N–H and O–H groups in total. The fourth-order valence-electron chi connectivity index (χ4n) is 1.82. The topological polar surface area (TPSA) is 59.1 Å². The maximum Gasteiger partial charge on any atom is 0.400 e. The van der Waals surface area contributed by atoms with E-state index in [1.54, 1.807) is 0 Å². The summed E-state index contributed by atoms with van der Waals surface area (Å²) in [5, 5.41) is 6.90. The second kappa shape index (κ2) is 5.52. The van der Waals surface area contributed by atoms with Crippen LogP contribution in [-0.4, -0.2) is 24.7 Å². The van der Waals surface area contributed by atoms with E-state index in [-0.39, 0.29) is 6.10 Å². The number of rotatable bonds is 4. The van der Waals surface area contributed by atoms with Crippen molar-refractivity contribution in [1.82, 2.24) is 0 Å². The first kappa shape index (κ1) is 13.3. The van der Waals surface area contributed by atoms with Crippen molar-refractivity contribution in [3.8, 4) is 0 Å². The number of ether oxygens (including phenoxy) is 1. The summed E-state index contributed by atoms with van der Waals surface area (Å²) in [4.78, 5) is 0. The molecule has 1 rings (SSSR count). The molecule has 0 heterocycles. The summed E-state index contributed by atoms with van der Waals surface area (Å²) in [7, 11) is 0. The highest BCUT2D eigenvalue weighted by Gasteiger charge is 2.42. The molecule has 0 aromatic carbocycles. The molecule has 1 aliphatic carbocycles. The van der Waals surface area contributed by atoms with Crippen molar-refractivity contribution in [2.75, 3.05) is 6.61 Å². The van der Waals surface area contributed by atoms with Crippen molar-refractivity contribution in [2.45, 2.75) is 44.4 Å². The summed E-state index contributed by atoms with van der Waals surface area (Å²) in [5.41, 5.74) is 4.92. The van der Waals surface area contributed by atoms with Gasteiger partial charge in [0.2, 0.25) is 0 Å². The number of hydrogen-bond acceptors (Lipinski definition) is 2. The third-order valence-corrected chi connectivity index (χ3v) is 2.82. The van der Waals surface area contributed by atoms with E-state index in [1.807, 2.05) is 0 Å². The average molecular weight is 238 g/mol. The Bertz CT molecular complexity index is 237. The number of hydrogen-bond donors (Lipinski definition) is 2. The molecule has 0 spiro atoms. The molecule has 0 aromatic heterocycles. The van der Waals surface area contributed by atoms with Gasteiger partial charge >= 0.3 is 6.18 Å². The minimum atomic E-state index is -4.49. The molecule has 0 amide bonds. The summed E-state index contributed by atoms with van der Waals surface area (Å²) < 4.78 is 42.5. The Morgan fingerprint density at radius 2 is 1.88 bits per heavy atom. The van der Waals surface area contributed by atoms with Gasteiger partial charge in [0.05, 0.1) is 12.7 Å². The van der Waals surface area contributed by atoms with E-state index in [0.717, 1.165) is 32.1 Å². The minimum Gasteiger partial charge on any atom is -0.387 e. The van der Waals surface area contributed by atoms with Crippen LogP contribution in [0, 0.1) is 11.3 Å². The van der Waals surface area contributed by atoms with Crippen LogP contribution in [-0.2, 0) is 4.74 Å². The summed E-state index contributed by atoms with van der Waals surface area (Å²) in [5.74, 6) is -2.84. The Kier molecular flexibility index (Phi) is 4.58. The van der Waals surface area contributed by atoms with E-state index in [0.29, 0.717) is 0 Å². The molecule has 0 saturated heterocycles. The molecule has 0 aliphatic heterocycles. The van der Waals surface area contributed by atoms with Gasteiger partial charge in [-0.3, -0.25) is 5.41 Å². The summed E-state index contributed by atoms with van der Waals surface area (Å²) in [6, 6.07) is 0. The van der Waals surface area contributed by atoms with Crippen molar-refractivity contribution < 1.29 is 17.9 Å². The highest BCUT2D eigenvalue weighted by molar-refractivity contribution is 5.80. The van der Waals surface area contributed by atoms with Crippen molar-refractivity contribution in [1.29, 1.82) is 5.41 Å². The Morgan fingerprint density at radius 3 is 2.31 bits per heavy atom. The zero-order valence-electron chi connectivity index (χ0n) is 9.02. The minimum absolute atomic E-state index is 0.0991. The highest BCUT2D eigenvalue weighted by atomic mass is 19.4. The van der Waals surface area contributed by atoms with Gasteiger partial charge in [-0.2, -0.15) is 13.2 Å². The normalized spacial score (nSPS) is 20.7. The predicted octanol–water partition coefficient (Wildman–Crippen LogP) is 2.45. The second-order valence-electron chi connectivity index (χ2n) is 4.14. The molecule has 94 valence electrons. The van der Waals surface area contributed by atoms with Crippen LogP contribution >= 0.6 is 0 Å². The van der Waals surface area contributed by atoms with Crippen LogP contribution in [0.1, 0.15) is 32.1 Å². The molecule has 0 bridgehead atoms. The molecule has 1 fully saturated rings. The molecule has 1 aliphatic rings. The van der Waals surface area contributed by atoms with E-state index in [1.165, 1.54) is 0 Å². The quantitative estimate of drug-likeness (QED) is 0.583. The summed E-state index contributed by atoms with van der Waals surface area (Å²) >= 11 is 0. The van der Waals surface area contributed by atoms with Gasteiger partial charge in [-0.1, -0.05) is 19.3 Å². The molecule has 16 heavy (non-hydrogen) atoms. The van der Waals surface area contributed by atoms with Crippen LogP contribution in [0.4, 0.5) is 13.2 Å². The van der Waals surface area contributed by atoms with Gasteiger partial charge in [-0.25, -0.2) is 0 Å². The fourth-order valence-corrected chi connectivity index (χ4v) is 1.82. The van der Waals surface area contributed by atoms with Crippen LogP contribution in [0.5, 0.6) is 0 Å². The van der Waals surface area contributed by atoms with Gasteiger partial charge in [-0.05, 0) is 12.8 Å². The molecule has 6 heteroatoms. The number of nitrogens with one attached hydrogen (secondary N) is 1. The molecule has 3 nitrogen and oxygen atoms in total. The lowest BCUT2D eigenvalue weighted by molar-refractivity contribution is -0.173. The largest absolute Gasteiger partial charge is 0.400 e. The SMILES string of the molecule is N=C(N)C(COC1CCCCC1)C(F)(F)F. The van der Waals surface area contributed by atoms with Crippen LogP contribution in [0.15, 0.2) is 0 Å². The fraction of sp³-hybridized carbons (Fsp3) is 0.900. The van der Waals surface area contributed by atoms with Crippen LogP contribution < -0.4 is 5.73 Å².